The van der Waals surface area contributed by atoms with Gasteiger partial charge in [0.15, 0.2) is 0 Å². The van der Waals surface area contributed by atoms with Gasteiger partial charge in [-0.3, -0.25) is 14.4 Å². The van der Waals surface area contributed by atoms with Crippen molar-refractivity contribution in [1.82, 2.24) is 4.57 Å². The second-order valence-corrected chi connectivity index (χ2v) is 4.82. The highest BCUT2D eigenvalue weighted by molar-refractivity contribution is 5.86. The van der Waals surface area contributed by atoms with Gasteiger partial charge < -0.3 is 5.11 Å². The molecule has 0 saturated carbocycles. The van der Waals surface area contributed by atoms with Crippen molar-refractivity contribution in [2.75, 3.05) is 12.1 Å². The van der Waals surface area contributed by atoms with Crippen LogP contribution in [-0.4, -0.2) is 22.9 Å². The molecule has 6 heteroatoms. The van der Waals surface area contributed by atoms with Gasteiger partial charge in [0, 0.05) is 14.1 Å². The lowest BCUT2D eigenvalue weighted by molar-refractivity contribution is 0.421. The minimum atomic E-state index is -0.522. The van der Waals surface area contributed by atoms with Gasteiger partial charge in [-0.05, 0) is 24.6 Å². The maximum Gasteiger partial charge on any atom is 0.271 e. The van der Waals surface area contributed by atoms with Crippen LogP contribution in [0.4, 0.5) is 5.69 Å². The molecule has 0 aliphatic carbocycles. The van der Waals surface area contributed by atoms with E-state index in [9.17, 15) is 9.90 Å². The Hall–Kier alpha value is -3.07. The van der Waals surface area contributed by atoms with Crippen LogP contribution in [-0.2, 0) is 7.05 Å². The summed E-state index contributed by atoms with van der Waals surface area (Å²) in [6, 6.07) is 11.4. The summed E-state index contributed by atoms with van der Waals surface area (Å²) in [6.45, 7) is 1.61. The van der Waals surface area contributed by atoms with Crippen molar-refractivity contribution in [2.24, 2.45) is 12.1 Å². The maximum atomic E-state index is 11.9. The van der Waals surface area contributed by atoms with Crippen LogP contribution in [0.1, 0.15) is 16.7 Å². The van der Waals surface area contributed by atoms with Crippen molar-refractivity contribution in [1.29, 1.82) is 5.26 Å². The zero-order valence-corrected chi connectivity index (χ0v) is 12.6. The number of anilines is 1. The normalized spacial score (nSPS) is 10.6. The van der Waals surface area contributed by atoms with Crippen molar-refractivity contribution in [3.8, 4) is 11.9 Å². The molecule has 0 atom stereocenters. The van der Waals surface area contributed by atoms with Gasteiger partial charge in [0.2, 0.25) is 5.88 Å². The number of benzene rings is 1. The first-order valence-electron chi connectivity index (χ1n) is 6.62. The van der Waals surface area contributed by atoms with Crippen LogP contribution in [0, 0.1) is 18.3 Å². The Morgan fingerprint density at radius 3 is 2.59 bits per heavy atom. The molecule has 0 fully saturated rings. The summed E-state index contributed by atoms with van der Waals surface area (Å²) in [5, 5.41) is 25.1. The number of aromatic nitrogens is 1. The molecule has 0 aliphatic heterocycles. The topological polar surface area (TPSA) is 81.6 Å². The van der Waals surface area contributed by atoms with Crippen LogP contribution in [0.15, 0.2) is 40.2 Å². The first kappa shape index (κ1) is 15.3. The highest BCUT2D eigenvalue weighted by Crippen LogP contribution is 2.19. The maximum absolute atomic E-state index is 11.9. The second kappa shape index (κ2) is 6.14. The molecule has 22 heavy (non-hydrogen) atoms. The third-order valence-electron chi connectivity index (χ3n) is 3.46. The van der Waals surface area contributed by atoms with E-state index in [1.807, 2.05) is 36.4 Å². The molecule has 1 aromatic heterocycles. The Morgan fingerprint density at radius 2 is 2.00 bits per heavy atom. The molecule has 2 rings (SSSR count). The lowest BCUT2D eigenvalue weighted by Gasteiger charge is -2.14. The van der Waals surface area contributed by atoms with Crippen LogP contribution >= 0.6 is 0 Å². The molecule has 0 saturated heterocycles. The summed E-state index contributed by atoms with van der Waals surface area (Å²) in [4.78, 5) is 11.9. The summed E-state index contributed by atoms with van der Waals surface area (Å²) < 4.78 is 1.04. The van der Waals surface area contributed by atoms with Crippen molar-refractivity contribution < 1.29 is 5.11 Å². The van der Waals surface area contributed by atoms with Gasteiger partial charge in [-0.15, -0.1) is 0 Å². The fourth-order valence-electron chi connectivity index (χ4n) is 2.05. The largest absolute Gasteiger partial charge is 0.494 e. The molecule has 0 unspecified atom stereocenters. The predicted molar refractivity (Wildman–Crippen MR) is 85.2 cm³/mol. The SMILES string of the molecule is Cc1c(/C=N/N(C)c2ccccc2)c(O)n(C)c(=O)c1C#N. The average Bonchev–Trinajstić information content (AvgIpc) is 2.54. The minimum Gasteiger partial charge on any atom is -0.494 e. The first-order chi connectivity index (χ1) is 10.5. The van der Waals surface area contributed by atoms with E-state index in [0.717, 1.165) is 10.3 Å². The van der Waals surface area contributed by atoms with Gasteiger partial charge in [-0.25, -0.2) is 0 Å². The van der Waals surface area contributed by atoms with E-state index in [1.54, 1.807) is 19.0 Å². The number of hydrazone groups is 1. The zero-order chi connectivity index (χ0) is 16.3. The zero-order valence-electron chi connectivity index (χ0n) is 12.6. The van der Waals surface area contributed by atoms with E-state index in [2.05, 4.69) is 5.10 Å². The molecule has 0 amide bonds. The van der Waals surface area contributed by atoms with Crippen LogP contribution in [0.2, 0.25) is 0 Å². The molecule has 1 heterocycles. The lowest BCUT2D eigenvalue weighted by Crippen LogP contribution is -2.23. The number of rotatable bonds is 3. The van der Waals surface area contributed by atoms with E-state index < -0.39 is 5.56 Å². The van der Waals surface area contributed by atoms with Crippen molar-refractivity contribution >= 4 is 11.9 Å². The van der Waals surface area contributed by atoms with Crippen molar-refractivity contribution in [3.63, 3.8) is 0 Å². The molecule has 1 aromatic carbocycles. The molecule has 2 aromatic rings. The molecular formula is C16H16N4O2. The third-order valence-corrected chi connectivity index (χ3v) is 3.46. The Kier molecular flexibility index (Phi) is 4.28. The number of aromatic hydroxyl groups is 1. The number of para-hydroxylation sites is 1. The molecule has 0 aliphatic rings. The summed E-state index contributed by atoms with van der Waals surface area (Å²) in [7, 11) is 3.18. The van der Waals surface area contributed by atoms with Crippen LogP contribution < -0.4 is 10.6 Å². The third kappa shape index (κ3) is 2.69. The minimum absolute atomic E-state index is 0.00381. The fraction of sp³-hybridized carbons (Fsp3) is 0.188. The summed E-state index contributed by atoms with van der Waals surface area (Å²) in [5.41, 5.74) is 1.12. The summed E-state index contributed by atoms with van der Waals surface area (Å²) in [6.07, 6.45) is 1.44. The van der Waals surface area contributed by atoms with E-state index in [1.165, 1.54) is 13.3 Å². The molecule has 0 spiro atoms. The Bertz CT molecular complexity index is 817. The van der Waals surface area contributed by atoms with Gasteiger partial charge >= 0.3 is 0 Å². The van der Waals surface area contributed by atoms with Crippen LogP contribution in [0.5, 0.6) is 5.88 Å². The molecule has 1 N–H and O–H groups in total. The Labute approximate surface area is 128 Å². The summed E-state index contributed by atoms with van der Waals surface area (Å²) >= 11 is 0. The summed E-state index contributed by atoms with van der Waals surface area (Å²) in [5.74, 6) is -0.216. The average molecular weight is 296 g/mol. The van der Waals surface area contributed by atoms with E-state index in [-0.39, 0.29) is 11.4 Å². The van der Waals surface area contributed by atoms with Gasteiger partial charge in [-0.1, -0.05) is 18.2 Å². The highest BCUT2D eigenvalue weighted by atomic mass is 16.3. The molecular weight excluding hydrogens is 280 g/mol. The van der Waals surface area contributed by atoms with Gasteiger partial charge in [-0.2, -0.15) is 10.4 Å². The smallest absolute Gasteiger partial charge is 0.271 e. The Morgan fingerprint density at radius 1 is 1.36 bits per heavy atom. The van der Waals surface area contributed by atoms with Gasteiger partial charge in [0.05, 0.1) is 17.5 Å². The lowest BCUT2D eigenvalue weighted by atomic mass is 10.1. The fourth-order valence-corrected chi connectivity index (χ4v) is 2.05. The van der Waals surface area contributed by atoms with E-state index >= 15 is 0 Å². The number of nitriles is 1. The molecule has 0 radical (unpaired) electrons. The first-order valence-corrected chi connectivity index (χ1v) is 6.62. The van der Waals surface area contributed by atoms with E-state index in [4.69, 9.17) is 5.26 Å². The van der Waals surface area contributed by atoms with Crippen LogP contribution in [0.3, 0.4) is 0 Å². The second-order valence-electron chi connectivity index (χ2n) is 4.82. The number of hydrogen-bond acceptors (Lipinski definition) is 5. The highest BCUT2D eigenvalue weighted by Gasteiger charge is 2.15. The quantitative estimate of drug-likeness (QED) is 0.691. The van der Waals surface area contributed by atoms with Crippen molar-refractivity contribution in [3.05, 3.63) is 57.4 Å². The Balaban J connectivity index is 2.47. The van der Waals surface area contributed by atoms with E-state index in [0.29, 0.717) is 11.1 Å². The molecule has 0 bridgehead atoms. The predicted octanol–water partition coefficient (Wildman–Crippen LogP) is 1.74. The molecule has 112 valence electrons. The number of hydrogen-bond donors (Lipinski definition) is 1. The van der Waals surface area contributed by atoms with Crippen LogP contribution in [0.25, 0.3) is 0 Å². The standard InChI is InChI=1S/C16H16N4O2/c1-11-13(9-17)15(21)19(2)16(22)14(11)10-18-20(3)12-7-5-4-6-8-12/h4-8,10,22H,1-3H3/b18-10+. The number of pyridine rings is 1. The number of nitrogens with zero attached hydrogens (tertiary/aromatic N) is 4. The van der Waals surface area contributed by atoms with Crippen molar-refractivity contribution in [2.45, 2.75) is 6.92 Å². The monoisotopic (exact) mass is 296 g/mol. The van der Waals surface area contributed by atoms with Gasteiger partial charge in [0.1, 0.15) is 11.6 Å². The molecule has 6 nitrogen and oxygen atoms in total. The van der Waals surface area contributed by atoms with Gasteiger partial charge in [0.25, 0.3) is 5.56 Å².